The Bertz CT molecular complexity index is 1440. The molecule has 0 aliphatic heterocycles. The number of halogens is 1. The van der Waals surface area contributed by atoms with Gasteiger partial charge < -0.3 is 14.4 Å². The van der Waals surface area contributed by atoms with Crippen molar-refractivity contribution in [1.29, 1.82) is 0 Å². The number of aryl methyl sites for hydroxylation is 1. The van der Waals surface area contributed by atoms with Crippen LogP contribution in [0.2, 0.25) is 5.02 Å². The quantitative estimate of drug-likeness (QED) is 0.508. The second-order valence-electron chi connectivity index (χ2n) is 8.70. The maximum Gasteiger partial charge on any atom is 0.412 e. The van der Waals surface area contributed by atoms with Gasteiger partial charge in [0.15, 0.2) is 0 Å². The summed E-state index contributed by atoms with van der Waals surface area (Å²) in [5.74, 6) is 5.37. The molecule has 1 saturated carbocycles. The largest absolute Gasteiger partial charge is 0.481 e. The predicted molar refractivity (Wildman–Crippen MR) is 130 cm³/mol. The lowest BCUT2D eigenvalue weighted by molar-refractivity contribution is -0.141. The van der Waals surface area contributed by atoms with Crippen molar-refractivity contribution < 1.29 is 24.0 Å². The van der Waals surface area contributed by atoms with Gasteiger partial charge in [0.2, 0.25) is 5.76 Å². The Hall–Kier alpha value is -4.02. The molecule has 0 saturated heterocycles. The molecular weight excluding hydrogens is 468 g/mol. The Kier molecular flexibility index (Phi) is 5.62. The summed E-state index contributed by atoms with van der Waals surface area (Å²) < 4.78 is 10.8. The lowest BCUT2D eigenvalue weighted by Crippen LogP contribution is -2.17. The second-order valence-corrected chi connectivity index (χ2v) is 9.11. The van der Waals surface area contributed by atoms with E-state index in [2.05, 4.69) is 22.3 Å². The van der Waals surface area contributed by atoms with Crippen LogP contribution < -0.4 is 5.32 Å². The van der Waals surface area contributed by atoms with Crippen LogP contribution in [0.4, 0.5) is 10.5 Å². The van der Waals surface area contributed by atoms with E-state index < -0.39 is 23.6 Å². The number of amides is 1. The average Bonchev–Trinajstić information content (AvgIpc) is 3.25. The fourth-order valence-electron chi connectivity index (χ4n) is 4.16. The number of nitrogens with zero attached hydrogens (tertiary/aromatic N) is 1. The number of fused-ring (bicyclic) bond motifs is 1. The molecule has 2 aromatic rings. The highest BCUT2D eigenvalue weighted by Gasteiger charge is 2.53. The van der Waals surface area contributed by atoms with Gasteiger partial charge in [-0.2, -0.15) is 0 Å². The van der Waals surface area contributed by atoms with E-state index in [9.17, 15) is 14.7 Å². The van der Waals surface area contributed by atoms with E-state index in [1.54, 1.807) is 32.0 Å². The zero-order valence-corrected chi connectivity index (χ0v) is 19.8. The van der Waals surface area contributed by atoms with Crippen molar-refractivity contribution in [2.75, 3.05) is 5.32 Å². The van der Waals surface area contributed by atoms with Gasteiger partial charge in [-0.1, -0.05) is 40.9 Å². The highest BCUT2D eigenvalue weighted by molar-refractivity contribution is 6.31. The minimum absolute atomic E-state index is 0.203. The van der Waals surface area contributed by atoms with Crippen LogP contribution in [0.25, 0.3) is 0 Å². The van der Waals surface area contributed by atoms with Gasteiger partial charge in [0.05, 0.1) is 5.41 Å². The summed E-state index contributed by atoms with van der Waals surface area (Å²) in [4.78, 5) is 24.1. The monoisotopic (exact) mass is 488 g/mol. The number of carbonyl (C=O) groups excluding carboxylic acids is 1. The van der Waals surface area contributed by atoms with E-state index in [4.69, 9.17) is 20.9 Å². The molecule has 1 heterocycles. The molecule has 1 atom stereocenters. The number of rotatable bonds is 5. The molecule has 7 nitrogen and oxygen atoms in total. The number of allylic oxidation sites excluding steroid dienone is 7. The number of hydrogen-bond acceptors (Lipinski definition) is 5. The predicted octanol–water partition coefficient (Wildman–Crippen LogP) is 5.90. The Labute approximate surface area is 206 Å². The van der Waals surface area contributed by atoms with Crippen LogP contribution in [0, 0.1) is 24.2 Å². The first-order valence-corrected chi connectivity index (χ1v) is 11.5. The lowest BCUT2D eigenvalue weighted by Gasteiger charge is -2.15. The zero-order valence-electron chi connectivity index (χ0n) is 19.0. The third kappa shape index (κ3) is 4.29. The Balaban J connectivity index is 1.27. The van der Waals surface area contributed by atoms with E-state index in [-0.39, 0.29) is 5.76 Å². The Morgan fingerprint density at radius 3 is 2.60 bits per heavy atom. The van der Waals surface area contributed by atoms with Crippen molar-refractivity contribution in [2.45, 2.75) is 32.8 Å². The molecule has 0 bridgehead atoms. The van der Waals surface area contributed by atoms with Crippen molar-refractivity contribution in [3.8, 4) is 11.8 Å². The first-order valence-electron chi connectivity index (χ1n) is 11.1. The SMILES string of the molecule is Cc1noc(C#CC2=CC3=CC(C4(C(=O)O)CC4)=CC3=C2)c1NC(=O)OC(C)c1ccccc1Cl. The fourth-order valence-corrected chi connectivity index (χ4v) is 4.45. The van der Waals surface area contributed by atoms with Gasteiger partial charge in [0.25, 0.3) is 0 Å². The number of nitrogens with one attached hydrogen (secondary N) is 1. The van der Waals surface area contributed by atoms with E-state index in [0.717, 1.165) is 22.3 Å². The molecule has 0 spiro atoms. The number of carboxylic acids is 1. The average molecular weight is 489 g/mol. The number of anilines is 1. The van der Waals surface area contributed by atoms with Gasteiger partial charge in [-0.25, -0.2) is 4.79 Å². The number of carboxylic acid groups (broad SMARTS) is 1. The number of aromatic nitrogens is 1. The van der Waals surface area contributed by atoms with Crippen LogP contribution in [0.1, 0.15) is 42.9 Å². The standard InChI is InChI=1S/C27H21ClN2O5/c1-15-24(29-26(33)34-16(2)21-5-3-4-6-22(21)28)23(35-30-15)8-7-17-11-18-13-20(14-19(18)12-17)27(9-10-27)25(31)32/h3-6,11-14,16H,9-10H2,1-2H3,(H,29,33)(H,31,32). The summed E-state index contributed by atoms with van der Waals surface area (Å²) in [6.07, 6.45) is 7.74. The van der Waals surface area contributed by atoms with Crippen molar-refractivity contribution in [1.82, 2.24) is 5.16 Å². The molecule has 5 rings (SSSR count). The van der Waals surface area contributed by atoms with Crippen LogP contribution in [-0.2, 0) is 9.53 Å². The number of aliphatic carboxylic acids is 1. The molecule has 8 heteroatoms. The summed E-state index contributed by atoms with van der Waals surface area (Å²) in [7, 11) is 0. The second kappa shape index (κ2) is 8.64. The van der Waals surface area contributed by atoms with Gasteiger partial charge in [-0.15, -0.1) is 0 Å². The number of benzene rings is 1. The summed E-state index contributed by atoms with van der Waals surface area (Å²) in [5.41, 5.74) is 4.24. The van der Waals surface area contributed by atoms with E-state index in [1.807, 2.05) is 30.4 Å². The molecule has 0 radical (unpaired) electrons. The molecule has 35 heavy (non-hydrogen) atoms. The maximum atomic E-state index is 12.5. The topological polar surface area (TPSA) is 102 Å². The normalized spacial score (nSPS) is 17.7. The van der Waals surface area contributed by atoms with Crippen molar-refractivity contribution >= 4 is 29.4 Å². The van der Waals surface area contributed by atoms with Crippen LogP contribution in [0.3, 0.4) is 0 Å². The molecule has 1 amide bonds. The molecule has 1 unspecified atom stereocenters. The molecule has 1 fully saturated rings. The maximum absolute atomic E-state index is 12.5. The molecule has 2 N–H and O–H groups in total. The van der Waals surface area contributed by atoms with Gasteiger partial charge in [-0.3, -0.25) is 10.1 Å². The zero-order chi connectivity index (χ0) is 24.7. The molecule has 1 aromatic heterocycles. The lowest BCUT2D eigenvalue weighted by atomic mass is 9.96. The minimum Gasteiger partial charge on any atom is -0.481 e. The number of carbonyl (C=O) groups is 2. The van der Waals surface area contributed by atoms with E-state index in [0.29, 0.717) is 34.8 Å². The summed E-state index contributed by atoms with van der Waals surface area (Å²) in [6, 6.07) is 7.15. The molecular formula is C27H21ClN2O5. The van der Waals surface area contributed by atoms with E-state index >= 15 is 0 Å². The van der Waals surface area contributed by atoms with Gasteiger partial charge in [0.1, 0.15) is 17.5 Å². The minimum atomic E-state index is -0.773. The van der Waals surface area contributed by atoms with Gasteiger partial charge in [0, 0.05) is 16.2 Å². The Morgan fingerprint density at radius 1 is 1.17 bits per heavy atom. The van der Waals surface area contributed by atoms with Crippen molar-refractivity contribution in [2.24, 2.45) is 5.41 Å². The van der Waals surface area contributed by atoms with Crippen molar-refractivity contribution in [3.63, 3.8) is 0 Å². The Morgan fingerprint density at radius 2 is 1.91 bits per heavy atom. The van der Waals surface area contributed by atoms with Crippen LogP contribution >= 0.6 is 11.6 Å². The smallest absolute Gasteiger partial charge is 0.412 e. The summed E-state index contributed by atoms with van der Waals surface area (Å²) in [5, 5.41) is 16.6. The van der Waals surface area contributed by atoms with Crippen LogP contribution in [0.15, 0.2) is 75.4 Å². The number of hydrogen-bond donors (Lipinski definition) is 2. The van der Waals surface area contributed by atoms with Crippen LogP contribution in [0.5, 0.6) is 0 Å². The number of ether oxygens (including phenoxy) is 1. The highest BCUT2D eigenvalue weighted by atomic mass is 35.5. The van der Waals surface area contributed by atoms with Crippen molar-refractivity contribution in [3.05, 3.63) is 92.9 Å². The highest BCUT2D eigenvalue weighted by Crippen LogP contribution is 2.55. The molecule has 176 valence electrons. The first kappa shape index (κ1) is 22.8. The van der Waals surface area contributed by atoms with Gasteiger partial charge >= 0.3 is 12.1 Å². The third-order valence-corrected chi connectivity index (χ3v) is 6.67. The van der Waals surface area contributed by atoms with Crippen LogP contribution in [-0.4, -0.2) is 22.3 Å². The molecule has 3 aliphatic carbocycles. The van der Waals surface area contributed by atoms with Gasteiger partial charge in [-0.05, 0) is 79.7 Å². The summed E-state index contributed by atoms with van der Waals surface area (Å²) in [6.45, 7) is 3.42. The fraction of sp³-hybridized carbons (Fsp3) is 0.222. The summed E-state index contributed by atoms with van der Waals surface area (Å²) >= 11 is 6.18. The van der Waals surface area contributed by atoms with E-state index in [1.165, 1.54) is 0 Å². The molecule has 3 aliphatic rings. The molecule has 1 aromatic carbocycles. The third-order valence-electron chi connectivity index (χ3n) is 6.33. The first-order chi connectivity index (χ1) is 16.8.